The number of halogens is 1. The second-order valence-electron chi connectivity index (χ2n) is 2.80. The highest BCUT2D eigenvalue weighted by atomic mass is 79.9. The van der Waals surface area contributed by atoms with Gasteiger partial charge in [-0.15, -0.1) is 0 Å². The number of rotatable bonds is 1. The van der Waals surface area contributed by atoms with E-state index in [0.29, 0.717) is 5.82 Å². The Balaban J connectivity index is 2.83. The number of azide groups is 1. The van der Waals surface area contributed by atoms with E-state index in [1.165, 1.54) is 0 Å². The first-order valence-electron chi connectivity index (χ1n) is 3.90. The Hall–Kier alpha value is -1.52. The Bertz CT molecular complexity index is 538. The zero-order valence-corrected chi connectivity index (χ0v) is 8.93. The van der Waals surface area contributed by atoms with Crippen LogP contribution in [0.4, 0.5) is 5.82 Å². The van der Waals surface area contributed by atoms with E-state index in [9.17, 15) is 0 Å². The number of aryl methyl sites for hydroxylation is 1. The summed E-state index contributed by atoms with van der Waals surface area (Å²) in [4.78, 5) is 2.73. The molecule has 1 aromatic carbocycles. The molecule has 0 atom stereocenters. The maximum atomic E-state index is 8.34. The minimum absolute atomic E-state index is 0.414. The van der Waals surface area contributed by atoms with Crippen molar-refractivity contribution < 1.29 is 0 Å². The third kappa shape index (κ3) is 1.34. The molecule has 2 rings (SSSR count). The Morgan fingerprint density at radius 2 is 2.36 bits per heavy atom. The Labute approximate surface area is 88.1 Å². The first-order chi connectivity index (χ1) is 6.72. The van der Waals surface area contributed by atoms with Crippen LogP contribution in [-0.4, -0.2) is 9.78 Å². The molecule has 1 aromatic heterocycles. The zero-order chi connectivity index (χ0) is 10.1. The second kappa shape index (κ2) is 3.32. The summed E-state index contributed by atoms with van der Waals surface area (Å²) in [7, 11) is 1.81. The lowest BCUT2D eigenvalue weighted by atomic mass is 10.2. The van der Waals surface area contributed by atoms with Crippen molar-refractivity contribution in [2.24, 2.45) is 12.2 Å². The summed E-state index contributed by atoms with van der Waals surface area (Å²) in [5, 5.41) is 8.47. The molecule has 0 aliphatic rings. The van der Waals surface area contributed by atoms with Crippen LogP contribution in [0.3, 0.4) is 0 Å². The van der Waals surface area contributed by atoms with Crippen LogP contribution in [0.25, 0.3) is 21.3 Å². The molecular formula is C8H6BrN5. The van der Waals surface area contributed by atoms with E-state index >= 15 is 0 Å². The third-order valence-corrected chi connectivity index (χ3v) is 2.43. The normalized spacial score (nSPS) is 10.1. The molecule has 0 radical (unpaired) electrons. The van der Waals surface area contributed by atoms with Crippen molar-refractivity contribution in [3.8, 4) is 0 Å². The first-order valence-corrected chi connectivity index (χ1v) is 4.69. The number of hydrogen-bond donors (Lipinski definition) is 0. The van der Waals surface area contributed by atoms with Gasteiger partial charge in [-0.3, -0.25) is 4.68 Å². The van der Waals surface area contributed by atoms with E-state index in [0.717, 1.165) is 15.4 Å². The van der Waals surface area contributed by atoms with Crippen molar-refractivity contribution >= 4 is 32.7 Å². The average molecular weight is 252 g/mol. The lowest BCUT2D eigenvalue weighted by Gasteiger charge is -1.93. The maximum Gasteiger partial charge on any atom is 0.156 e. The lowest BCUT2D eigenvalue weighted by molar-refractivity contribution is 0.797. The van der Waals surface area contributed by atoms with E-state index in [1.54, 1.807) is 4.68 Å². The first kappa shape index (κ1) is 9.05. The number of fused-ring (bicyclic) bond motifs is 1. The van der Waals surface area contributed by atoms with Gasteiger partial charge in [0.25, 0.3) is 0 Å². The molecular weight excluding hydrogens is 246 g/mol. The quantitative estimate of drug-likeness (QED) is 0.436. The minimum atomic E-state index is 0.414. The molecule has 2 aromatic rings. The van der Waals surface area contributed by atoms with Gasteiger partial charge >= 0.3 is 0 Å². The van der Waals surface area contributed by atoms with E-state index in [1.807, 2.05) is 25.2 Å². The fourth-order valence-corrected chi connectivity index (χ4v) is 1.68. The molecule has 0 spiro atoms. The van der Waals surface area contributed by atoms with Gasteiger partial charge in [0.15, 0.2) is 5.82 Å². The Morgan fingerprint density at radius 3 is 3.07 bits per heavy atom. The van der Waals surface area contributed by atoms with E-state index < -0.39 is 0 Å². The molecule has 0 bridgehead atoms. The van der Waals surface area contributed by atoms with Crippen LogP contribution in [0, 0.1) is 0 Å². The molecule has 1 heterocycles. The molecule has 6 heteroatoms. The lowest BCUT2D eigenvalue weighted by Crippen LogP contribution is -1.88. The number of benzene rings is 1. The van der Waals surface area contributed by atoms with Gasteiger partial charge in [-0.25, -0.2) is 0 Å². The summed E-state index contributed by atoms with van der Waals surface area (Å²) in [6.45, 7) is 0. The van der Waals surface area contributed by atoms with Crippen molar-refractivity contribution in [3.63, 3.8) is 0 Å². The third-order valence-electron chi connectivity index (χ3n) is 1.93. The van der Waals surface area contributed by atoms with Gasteiger partial charge in [-0.1, -0.05) is 15.9 Å². The smallest absolute Gasteiger partial charge is 0.156 e. The van der Waals surface area contributed by atoms with Gasteiger partial charge in [0.2, 0.25) is 0 Å². The predicted molar refractivity (Wildman–Crippen MR) is 57.2 cm³/mol. The highest BCUT2D eigenvalue weighted by Crippen LogP contribution is 2.27. The molecule has 5 nitrogen and oxygen atoms in total. The molecule has 0 saturated carbocycles. The van der Waals surface area contributed by atoms with Crippen LogP contribution in [-0.2, 0) is 7.05 Å². The molecule has 0 aliphatic carbocycles. The largest absolute Gasteiger partial charge is 0.267 e. The SMILES string of the molecule is Cn1nc(N=[N+]=[N-])c2ccc(Br)cc21. The highest BCUT2D eigenvalue weighted by molar-refractivity contribution is 9.10. The maximum absolute atomic E-state index is 8.34. The van der Waals surface area contributed by atoms with Crippen LogP contribution in [0.2, 0.25) is 0 Å². The summed E-state index contributed by atoms with van der Waals surface area (Å²) < 4.78 is 2.66. The summed E-state index contributed by atoms with van der Waals surface area (Å²) in [6, 6.07) is 5.69. The monoisotopic (exact) mass is 251 g/mol. The number of aromatic nitrogens is 2. The molecule has 70 valence electrons. The fraction of sp³-hybridized carbons (Fsp3) is 0.125. The molecule has 0 saturated heterocycles. The van der Waals surface area contributed by atoms with E-state index in [4.69, 9.17) is 5.53 Å². The van der Waals surface area contributed by atoms with Crippen LogP contribution < -0.4 is 0 Å². The van der Waals surface area contributed by atoms with Gasteiger partial charge in [-0.2, -0.15) is 5.10 Å². The van der Waals surface area contributed by atoms with Crippen LogP contribution in [0.15, 0.2) is 27.8 Å². The number of nitrogens with zero attached hydrogens (tertiary/aromatic N) is 5. The van der Waals surface area contributed by atoms with E-state index in [2.05, 4.69) is 31.1 Å². The molecule has 0 fully saturated rings. The van der Waals surface area contributed by atoms with Gasteiger partial charge in [0.05, 0.1) is 5.52 Å². The molecule has 0 N–H and O–H groups in total. The molecule has 0 aliphatic heterocycles. The van der Waals surface area contributed by atoms with Crippen LogP contribution in [0.5, 0.6) is 0 Å². The highest BCUT2D eigenvalue weighted by Gasteiger charge is 2.06. The van der Waals surface area contributed by atoms with Crippen molar-refractivity contribution in [1.29, 1.82) is 0 Å². The fourth-order valence-electron chi connectivity index (χ4n) is 1.33. The summed E-state index contributed by atoms with van der Waals surface area (Å²) in [5.41, 5.74) is 9.28. The average Bonchev–Trinajstić information content (AvgIpc) is 2.44. The van der Waals surface area contributed by atoms with Gasteiger partial charge < -0.3 is 0 Å². The molecule has 14 heavy (non-hydrogen) atoms. The predicted octanol–water partition coefficient (Wildman–Crippen LogP) is 3.28. The number of hydrogen-bond acceptors (Lipinski definition) is 2. The van der Waals surface area contributed by atoms with E-state index in [-0.39, 0.29) is 0 Å². The van der Waals surface area contributed by atoms with Crippen molar-refractivity contribution in [3.05, 3.63) is 33.1 Å². The zero-order valence-electron chi connectivity index (χ0n) is 7.35. The van der Waals surface area contributed by atoms with Crippen molar-refractivity contribution in [2.75, 3.05) is 0 Å². The standard InChI is InChI=1S/C8H6BrN5/c1-14-7-4-5(9)2-3-6(7)8(12-14)11-13-10/h2-4H,1H3. The van der Waals surface area contributed by atoms with Crippen molar-refractivity contribution in [1.82, 2.24) is 9.78 Å². The topological polar surface area (TPSA) is 66.6 Å². The van der Waals surface area contributed by atoms with Gasteiger partial charge in [0.1, 0.15) is 0 Å². The summed E-state index contributed by atoms with van der Waals surface area (Å²) in [6.07, 6.45) is 0. The summed E-state index contributed by atoms with van der Waals surface area (Å²) in [5.74, 6) is 0.414. The summed E-state index contributed by atoms with van der Waals surface area (Å²) >= 11 is 3.37. The van der Waals surface area contributed by atoms with Gasteiger partial charge in [-0.05, 0) is 28.8 Å². The minimum Gasteiger partial charge on any atom is -0.267 e. The molecule has 0 unspecified atom stereocenters. The Morgan fingerprint density at radius 1 is 1.57 bits per heavy atom. The van der Waals surface area contributed by atoms with Crippen molar-refractivity contribution in [2.45, 2.75) is 0 Å². The van der Waals surface area contributed by atoms with Gasteiger partial charge in [0, 0.05) is 21.8 Å². The van der Waals surface area contributed by atoms with Crippen LogP contribution >= 0.6 is 15.9 Å². The molecule has 0 amide bonds. The second-order valence-corrected chi connectivity index (χ2v) is 3.71. The Kier molecular flexibility index (Phi) is 2.15. The van der Waals surface area contributed by atoms with Crippen LogP contribution in [0.1, 0.15) is 0 Å².